The second kappa shape index (κ2) is 4.92. The van der Waals surface area contributed by atoms with Gasteiger partial charge in [0, 0.05) is 6.42 Å². The molecule has 1 rings (SSSR count). The summed E-state index contributed by atoms with van der Waals surface area (Å²) in [5.41, 5.74) is 0.0934. The Kier molecular flexibility index (Phi) is 4.11. The number of ketones is 1. The van der Waals surface area contributed by atoms with Crippen LogP contribution in [0, 0.1) is 5.41 Å². The van der Waals surface area contributed by atoms with Crippen LogP contribution in [0.25, 0.3) is 0 Å². The van der Waals surface area contributed by atoms with Gasteiger partial charge in [-0.2, -0.15) is 0 Å². The zero-order valence-corrected chi connectivity index (χ0v) is 9.64. The van der Waals surface area contributed by atoms with Crippen molar-refractivity contribution in [3.05, 3.63) is 0 Å². The number of carbonyl (C=O) groups excluding carboxylic acids is 1. The molecule has 0 radical (unpaired) electrons. The molecule has 0 aromatic carbocycles. The smallest absolute Gasteiger partial charge is 0.159 e. The Morgan fingerprint density at radius 3 is 2.36 bits per heavy atom. The second-order valence-electron chi connectivity index (χ2n) is 5.49. The van der Waals surface area contributed by atoms with Crippen LogP contribution in [0.1, 0.15) is 52.9 Å². The van der Waals surface area contributed by atoms with Gasteiger partial charge in [-0.15, -0.1) is 0 Å². The number of rotatable bonds is 4. The largest absolute Gasteiger partial charge is 0.370 e. The highest BCUT2D eigenvalue weighted by Crippen LogP contribution is 2.22. The summed E-state index contributed by atoms with van der Waals surface area (Å²) >= 11 is 0. The molecule has 0 bridgehead atoms. The minimum Gasteiger partial charge on any atom is -0.370 e. The Hall–Kier alpha value is -0.370. The fourth-order valence-corrected chi connectivity index (χ4v) is 1.91. The Morgan fingerprint density at radius 1 is 1.29 bits per heavy atom. The topological polar surface area (TPSA) is 26.3 Å². The third kappa shape index (κ3) is 4.75. The highest BCUT2D eigenvalue weighted by atomic mass is 16.5. The van der Waals surface area contributed by atoms with Gasteiger partial charge < -0.3 is 4.74 Å². The molecular weight excluding hydrogens is 176 g/mol. The summed E-state index contributed by atoms with van der Waals surface area (Å²) in [5, 5.41) is 0. The van der Waals surface area contributed by atoms with E-state index in [0.717, 1.165) is 12.8 Å². The predicted molar refractivity (Wildman–Crippen MR) is 57.3 cm³/mol. The van der Waals surface area contributed by atoms with Gasteiger partial charge in [0.1, 0.15) is 6.61 Å². The maximum atomic E-state index is 11.5. The summed E-state index contributed by atoms with van der Waals surface area (Å²) in [4.78, 5) is 11.5. The van der Waals surface area contributed by atoms with Gasteiger partial charge in [-0.3, -0.25) is 4.79 Å². The SMILES string of the molecule is CC(C)(C)CC(=O)COC1CCCC1. The lowest BCUT2D eigenvalue weighted by molar-refractivity contribution is -0.127. The summed E-state index contributed by atoms with van der Waals surface area (Å²) in [6, 6.07) is 0. The lowest BCUT2D eigenvalue weighted by Crippen LogP contribution is -2.20. The van der Waals surface area contributed by atoms with Crippen LogP contribution >= 0.6 is 0 Å². The number of hydrogen-bond donors (Lipinski definition) is 0. The minimum absolute atomic E-state index is 0.0934. The summed E-state index contributed by atoms with van der Waals surface area (Å²) in [5.74, 6) is 0.240. The molecule has 1 saturated carbocycles. The van der Waals surface area contributed by atoms with Gasteiger partial charge in [0.2, 0.25) is 0 Å². The van der Waals surface area contributed by atoms with E-state index >= 15 is 0 Å². The van der Waals surface area contributed by atoms with E-state index in [1.165, 1.54) is 12.8 Å². The molecule has 82 valence electrons. The monoisotopic (exact) mass is 198 g/mol. The molecule has 1 aliphatic carbocycles. The lowest BCUT2D eigenvalue weighted by atomic mass is 9.90. The number of Topliss-reactive ketones (excluding diaryl/α,β-unsaturated/α-hetero) is 1. The molecule has 0 aromatic rings. The molecule has 0 saturated heterocycles. The van der Waals surface area contributed by atoms with Gasteiger partial charge in [0.05, 0.1) is 6.10 Å². The molecule has 0 heterocycles. The van der Waals surface area contributed by atoms with E-state index in [1.54, 1.807) is 0 Å². The van der Waals surface area contributed by atoms with Crippen LogP contribution in [0.2, 0.25) is 0 Å². The molecule has 0 N–H and O–H groups in total. The third-order valence-corrected chi connectivity index (χ3v) is 2.51. The Labute approximate surface area is 87.0 Å². The first kappa shape index (κ1) is 11.7. The van der Waals surface area contributed by atoms with E-state index in [0.29, 0.717) is 19.1 Å². The summed E-state index contributed by atoms with van der Waals surface area (Å²) in [6.07, 6.45) is 5.79. The maximum Gasteiger partial charge on any atom is 0.159 e. The minimum atomic E-state index is 0.0934. The molecule has 0 atom stereocenters. The molecule has 2 heteroatoms. The average molecular weight is 198 g/mol. The molecular formula is C12H22O2. The zero-order valence-electron chi connectivity index (χ0n) is 9.64. The van der Waals surface area contributed by atoms with Crippen LogP contribution in [0.15, 0.2) is 0 Å². The van der Waals surface area contributed by atoms with Crippen molar-refractivity contribution in [1.82, 2.24) is 0 Å². The number of ether oxygens (including phenoxy) is 1. The molecule has 0 aliphatic heterocycles. The van der Waals surface area contributed by atoms with Crippen LogP contribution in [-0.4, -0.2) is 18.5 Å². The van der Waals surface area contributed by atoms with E-state index in [4.69, 9.17) is 4.74 Å². The molecule has 0 amide bonds. The summed E-state index contributed by atoms with van der Waals surface area (Å²) in [7, 11) is 0. The van der Waals surface area contributed by atoms with Crippen LogP contribution in [0.5, 0.6) is 0 Å². The predicted octanol–water partition coefficient (Wildman–Crippen LogP) is 2.95. The van der Waals surface area contributed by atoms with Crippen molar-refractivity contribution >= 4 is 5.78 Å². The quantitative estimate of drug-likeness (QED) is 0.694. The summed E-state index contributed by atoms with van der Waals surface area (Å²) < 4.78 is 5.56. The second-order valence-corrected chi connectivity index (χ2v) is 5.49. The van der Waals surface area contributed by atoms with Gasteiger partial charge in [0.15, 0.2) is 5.78 Å². The van der Waals surface area contributed by atoms with Crippen LogP contribution in [0.4, 0.5) is 0 Å². The van der Waals surface area contributed by atoms with Gasteiger partial charge in [-0.05, 0) is 18.3 Å². The van der Waals surface area contributed by atoms with Crippen LogP contribution in [-0.2, 0) is 9.53 Å². The first-order chi connectivity index (χ1) is 6.47. The standard InChI is InChI=1S/C12H22O2/c1-12(2,3)8-10(13)9-14-11-6-4-5-7-11/h11H,4-9H2,1-3H3. The molecule has 0 unspecified atom stereocenters. The lowest BCUT2D eigenvalue weighted by Gasteiger charge is -2.17. The highest BCUT2D eigenvalue weighted by molar-refractivity contribution is 5.80. The number of carbonyl (C=O) groups is 1. The van der Waals surface area contributed by atoms with Gasteiger partial charge >= 0.3 is 0 Å². The van der Waals surface area contributed by atoms with Crippen molar-refractivity contribution in [2.24, 2.45) is 5.41 Å². The van der Waals surface area contributed by atoms with E-state index in [1.807, 2.05) is 0 Å². The van der Waals surface area contributed by atoms with E-state index in [9.17, 15) is 4.79 Å². The van der Waals surface area contributed by atoms with E-state index in [-0.39, 0.29) is 11.2 Å². The van der Waals surface area contributed by atoms with Crippen molar-refractivity contribution in [3.8, 4) is 0 Å². The first-order valence-electron chi connectivity index (χ1n) is 5.61. The molecule has 1 aliphatic rings. The maximum absolute atomic E-state index is 11.5. The van der Waals surface area contributed by atoms with Crippen molar-refractivity contribution < 1.29 is 9.53 Å². The molecule has 2 nitrogen and oxygen atoms in total. The van der Waals surface area contributed by atoms with E-state index in [2.05, 4.69) is 20.8 Å². The summed E-state index contributed by atoms with van der Waals surface area (Å²) in [6.45, 7) is 6.57. The van der Waals surface area contributed by atoms with Crippen molar-refractivity contribution in [1.29, 1.82) is 0 Å². The molecule has 0 spiro atoms. The zero-order chi connectivity index (χ0) is 10.6. The van der Waals surface area contributed by atoms with Crippen molar-refractivity contribution in [3.63, 3.8) is 0 Å². The van der Waals surface area contributed by atoms with Crippen molar-refractivity contribution in [2.45, 2.75) is 59.0 Å². The van der Waals surface area contributed by atoms with Gasteiger partial charge in [-0.25, -0.2) is 0 Å². The normalized spacial score (nSPS) is 18.8. The van der Waals surface area contributed by atoms with Gasteiger partial charge in [-0.1, -0.05) is 33.6 Å². The first-order valence-corrected chi connectivity index (χ1v) is 5.61. The number of hydrogen-bond acceptors (Lipinski definition) is 2. The average Bonchev–Trinajstić information content (AvgIpc) is 2.49. The molecule has 1 fully saturated rings. The Morgan fingerprint density at radius 2 is 1.86 bits per heavy atom. The van der Waals surface area contributed by atoms with Crippen LogP contribution in [0.3, 0.4) is 0 Å². The van der Waals surface area contributed by atoms with Crippen LogP contribution < -0.4 is 0 Å². The Bertz CT molecular complexity index is 185. The van der Waals surface area contributed by atoms with E-state index < -0.39 is 0 Å². The Balaban J connectivity index is 2.14. The third-order valence-electron chi connectivity index (χ3n) is 2.51. The fraction of sp³-hybridized carbons (Fsp3) is 0.917. The molecule has 14 heavy (non-hydrogen) atoms. The molecule has 0 aromatic heterocycles. The van der Waals surface area contributed by atoms with Gasteiger partial charge in [0.25, 0.3) is 0 Å². The fourth-order valence-electron chi connectivity index (χ4n) is 1.91. The van der Waals surface area contributed by atoms with Crippen molar-refractivity contribution in [2.75, 3.05) is 6.61 Å². The highest BCUT2D eigenvalue weighted by Gasteiger charge is 2.19.